The van der Waals surface area contributed by atoms with Gasteiger partial charge in [0.15, 0.2) is 0 Å². The lowest BCUT2D eigenvalue weighted by molar-refractivity contribution is -0.120. The highest BCUT2D eigenvalue weighted by Gasteiger charge is 2.18. The first-order valence-corrected chi connectivity index (χ1v) is 10.5. The van der Waals surface area contributed by atoms with Crippen molar-refractivity contribution in [3.63, 3.8) is 0 Å². The first-order valence-electron chi connectivity index (χ1n) is 8.82. The highest BCUT2D eigenvalue weighted by atomic mass is 35.5. The Labute approximate surface area is 179 Å². The van der Waals surface area contributed by atoms with Gasteiger partial charge in [0.05, 0.1) is 23.2 Å². The maximum absolute atomic E-state index is 12.4. The first kappa shape index (κ1) is 20.8. The van der Waals surface area contributed by atoms with Gasteiger partial charge in [-0.25, -0.2) is 4.98 Å². The molecule has 0 saturated heterocycles. The van der Waals surface area contributed by atoms with E-state index < -0.39 is 0 Å². The third-order valence-corrected chi connectivity index (χ3v) is 5.98. The number of rotatable bonds is 7. The molecular weight excluding hydrogens is 413 g/mol. The minimum Gasteiger partial charge on any atom is -0.354 e. The molecule has 2 aromatic carbocycles. The van der Waals surface area contributed by atoms with Crippen LogP contribution in [0.3, 0.4) is 0 Å². The summed E-state index contributed by atoms with van der Waals surface area (Å²) in [6, 6.07) is 15.2. The third-order valence-electron chi connectivity index (χ3n) is 4.38. The number of hydrogen-bond acceptors (Lipinski definition) is 4. The molecule has 7 heteroatoms. The fourth-order valence-corrected chi connectivity index (χ4v) is 4.30. The average Bonchev–Trinajstić information content (AvgIpc) is 3.11. The van der Waals surface area contributed by atoms with E-state index in [2.05, 4.69) is 10.3 Å². The number of carbonyl (C=O) groups excluding carboxylic acids is 1. The minimum atomic E-state index is -0.0742. The van der Waals surface area contributed by atoms with Gasteiger partial charge in [0, 0.05) is 22.5 Å². The van der Waals surface area contributed by atoms with Crippen molar-refractivity contribution in [1.82, 2.24) is 15.2 Å². The minimum absolute atomic E-state index is 0.00762. The van der Waals surface area contributed by atoms with Gasteiger partial charge in [-0.2, -0.15) is 0 Å². The van der Waals surface area contributed by atoms with Crippen molar-refractivity contribution in [2.24, 2.45) is 0 Å². The summed E-state index contributed by atoms with van der Waals surface area (Å²) in [5.41, 5.74) is 2.60. The van der Waals surface area contributed by atoms with E-state index in [-0.39, 0.29) is 18.4 Å². The van der Waals surface area contributed by atoms with Crippen LogP contribution < -0.4 is 5.32 Å². The molecule has 1 N–H and O–H groups in total. The zero-order valence-electron chi connectivity index (χ0n) is 15.7. The number of amides is 1. The Bertz CT molecular complexity index is 958. The van der Waals surface area contributed by atoms with Crippen molar-refractivity contribution in [1.29, 1.82) is 0 Å². The van der Waals surface area contributed by atoms with E-state index in [1.807, 2.05) is 72.9 Å². The monoisotopic (exact) mass is 433 g/mol. The molecule has 1 amide bonds. The van der Waals surface area contributed by atoms with Crippen LogP contribution in [0.25, 0.3) is 10.6 Å². The lowest BCUT2D eigenvalue weighted by atomic mass is 10.1. The summed E-state index contributed by atoms with van der Waals surface area (Å²) in [5.74, 6) is -0.0742. The van der Waals surface area contributed by atoms with Crippen molar-refractivity contribution in [2.45, 2.75) is 12.5 Å². The number of hydrogen-bond donors (Lipinski definition) is 1. The Morgan fingerprint density at radius 1 is 1.11 bits per heavy atom. The fourth-order valence-electron chi connectivity index (χ4n) is 2.90. The van der Waals surface area contributed by atoms with E-state index in [0.29, 0.717) is 16.6 Å². The van der Waals surface area contributed by atoms with Crippen LogP contribution in [0, 0.1) is 0 Å². The van der Waals surface area contributed by atoms with Crippen molar-refractivity contribution in [2.75, 3.05) is 20.6 Å². The molecule has 0 fully saturated rings. The Kier molecular flexibility index (Phi) is 7.08. The summed E-state index contributed by atoms with van der Waals surface area (Å²) in [5, 5.41) is 7.06. The molecule has 0 aliphatic rings. The maximum atomic E-state index is 12.4. The number of benzene rings is 2. The molecular formula is C21H21Cl2N3OS. The summed E-state index contributed by atoms with van der Waals surface area (Å²) in [7, 11) is 3.94. The van der Waals surface area contributed by atoms with E-state index in [1.54, 1.807) is 0 Å². The van der Waals surface area contributed by atoms with Crippen LogP contribution in [0.5, 0.6) is 0 Å². The molecule has 0 aliphatic carbocycles. The molecule has 4 nitrogen and oxygen atoms in total. The van der Waals surface area contributed by atoms with Crippen LogP contribution in [0.15, 0.2) is 53.9 Å². The van der Waals surface area contributed by atoms with Crippen LogP contribution >= 0.6 is 34.5 Å². The van der Waals surface area contributed by atoms with Crippen molar-refractivity contribution in [3.05, 3.63) is 75.2 Å². The second-order valence-corrected chi connectivity index (χ2v) is 8.28. The Morgan fingerprint density at radius 2 is 1.79 bits per heavy atom. The van der Waals surface area contributed by atoms with Crippen molar-refractivity contribution in [3.8, 4) is 10.6 Å². The van der Waals surface area contributed by atoms with Gasteiger partial charge in [-0.05, 0) is 31.8 Å². The number of aromatic nitrogens is 1. The molecule has 3 aromatic rings. The van der Waals surface area contributed by atoms with Crippen LogP contribution in [0.2, 0.25) is 10.0 Å². The van der Waals surface area contributed by atoms with Gasteiger partial charge in [-0.15, -0.1) is 11.3 Å². The normalized spacial score (nSPS) is 12.2. The summed E-state index contributed by atoms with van der Waals surface area (Å²) >= 11 is 14.0. The van der Waals surface area contributed by atoms with E-state index >= 15 is 0 Å². The molecule has 1 heterocycles. The van der Waals surface area contributed by atoms with Gasteiger partial charge in [0.2, 0.25) is 5.91 Å². The lowest BCUT2D eigenvalue weighted by Gasteiger charge is -2.26. The SMILES string of the molecule is CN(C)C(CNC(=O)Cc1csc(-c2ccccc2Cl)n1)c1ccccc1Cl. The summed E-state index contributed by atoms with van der Waals surface area (Å²) in [4.78, 5) is 19.0. The molecule has 0 aliphatic heterocycles. The highest BCUT2D eigenvalue weighted by molar-refractivity contribution is 7.13. The average molecular weight is 434 g/mol. The fraction of sp³-hybridized carbons (Fsp3) is 0.238. The summed E-state index contributed by atoms with van der Waals surface area (Å²) < 4.78 is 0. The second kappa shape index (κ2) is 9.52. The third kappa shape index (κ3) is 5.11. The van der Waals surface area contributed by atoms with Gasteiger partial charge in [-0.1, -0.05) is 59.6 Å². The Hall–Kier alpha value is -1.92. The van der Waals surface area contributed by atoms with E-state index in [0.717, 1.165) is 21.8 Å². The van der Waals surface area contributed by atoms with Crippen LogP contribution in [0.1, 0.15) is 17.3 Å². The summed E-state index contributed by atoms with van der Waals surface area (Å²) in [6.07, 6.45) is 0.226. The standard InChI is InChI=1S/C21H21Cl2N3OS/c1-26(2)19(15-7-3-5-9-17(15)22)12-24-20(27)11-14-13-28-21(25-14)16-8-4-6-10-18(16)23/h3-10,13,19H,11-12H2,1-2H3,(H,24,27). The first-order chi connectivity index (χ1) is 13.5. The number of thiazole rings is 1. The molecule has 0 bridgehead atoms. The zero-order chi connectivity index (χ0) is 20.1. The highest BCUT2D eigenvalue weighted by Crippen LogP contribution is 2.30. The number of halogens is 2. The maximum Gasteiger partial charge on any atom is 0.226 e. The number of carbonyl (C=O) groups is 1. The van der Waals surface area contributed by atoms with E-state index in [1.165, 1.54) is 11.3 Å². The quantitative estimate of drug-likeness (QED) is 0.564. The molecule has 28 heavy (non-hydrogen) atoms. The van der Waals surface area contributed by atoms with Crippen molar-refractivity contribution >= 4 is 40.4 Å². The molecule has 146 valence electrons. The smallest absolute Gasteiger partial charge is 0.226 e. The number of likely N-dealkylation sites (N-methyl/N-ethyl adjacent to an activating group) is 1. The van der Waals surface area contributed by atoms with Crippen LogP contribution in [-0.2, 0) is 11.2 Å². The largest absolute Gasteiger partial charge is 0.354 e. The topological polar surface area (TPSA) is 45.2 Å². The van der Waals surface area contributed by atoms with E-state index in [4.69, 9.17) is 23.2 Å². The van der Waals surface area contributed by atoms with Crippen LogP contribution in [0.4, 0.5) is 0 Å². The predicted molar refractivity (Wildman–Crippen MR) is 117 cm³/mol. The molecule has 0 saturated carbocycles. The van der Waals surface area contributed by atoms with Gasteiger partial charge in [0.1, 0.15) is 5.01 Å². The molecule has 0 spiro atoms. The van der Waals surface area contributed by atoms with Gasteiger partial charge in [0.25, 0.3) is 0 Å². The predicted octanol–water partition coefficient (Wildman–Crippen LogP) is 5.08. The molecule has 0 radical (unpaired) electrons. The number of nitrogens with zero attached hydrogens (tertiary/aromatic N) is 2. The molecule has 3 rings (SSSR count). The van der Waals surface area contributed by atoms with Crippen LogP contribution in [-0.4, -0.2) is 36.4 Å². The van der Waals surface area contributed by atoms with Crippen molar-refractivity contribution < 1.29 is 4.79 Å². The summed E-state index contributed by atoms with van der Waals surface area (Å²) in [6.45, 7) is 0.469. The molecule has 1 aromatic heterocycles. The number of nitrogens with one attached hydrogen (secondary N) is 1. The van der Waals surface area contributed by atoms with E-state index in [9.17, 15) is 4.79 Å². The lowest BCUT2D eigenvalue weighted by Crippen LogP contribution is -2.35. The molecule has 1 atom stereocenters. The van der Waals surface area contributed by atoms with Gasteiger partial charge in [-0.3, -0.25) is 4.79 Å². The van der Waals surface area contributed by atoms with Gasteiger partial charge < -0.3 is 10.2 Å². The zero-order valence-corrected chi connectivity index (χ0v) is 18.0. The second-order valence-electron chi connectivity index (χ2n) is 6.61. The van der Waals surface area contributed by atoms with Gasteiger partial charge >= 0.3 is 0 Å². The Balaban J connectivity index is 1.63. The Morgan fingerprint density at radius 3 is 2.46 bits per heavy atom. The molecule has 1 unspecified atom stereocenters.